The lowest BCUT2D eigenvalue weighted by molar-refractivity contribution is 0.595. The zero-order chi connectivity index (χ0) is 21.9. The van der Waals surface area contributed by atoms with E-state index in [1.54, 1.807) is 30.3 Å². The molecule has 0 radical (unpaired) electrons. The Kier molecular flexibility index (Phi) is 6.27. The first-order chi connectivity index (χ1) is 14.1. The monoisotopic (exact) mass is 449 g/mol. The molecule has 0 bridgehead atoms. The number of para-hydroxylation sites is 1. The van der Waals surface area contributed by atoms with Crippen LogP contribution in [0.3, 0.4) is 0 Å². The van der Waals surface area contributed by atoms with E-state index in [1.165, 1.54) is 16.7 Å². The Labute approximate surface area is 175 Å². The smallest absolute Gasteiger partial charge is 0.265 e. The molecule has 0 fully saturated rings. The molecule has 1 aromatic heterocycles. The number of aryl methyl sites for hydroxylation is 1. The van der Waals surface area contributed by atoms with Crippen molar-refractivity contribution in [1.82, 2.24) is 9.55 Å². The lowest BCUT2D eigenvalue weighted by Gasteiger charge is -2.14. The molecule has 0 spiro atoms. The molecule has 3 aromatic rings. The molecule has 1 N–H and O–H groups in total. The van der Waals surface area contributed by atoms with Crippen molar-refractivity contribution in [1.29, 1.82) is 0 Å². The first kappa shape index (κ1) is 22.0. The molecular formula is C20H23N3O5S2. The van der Waals surface area contributed by atoms with Crippen molar-refractivity contribution in [3.8, 4) is 5.69 Å². The molecule has 0 saturated carbocycles. The number of sulfonamides is 1. The fraction of sp³-hybridized carbons (Fsp3) is 0.300. The van der Waals surface area contributed by atoms with Gasteiger partial charge in [0.2, 0.25) is 10.0 Å². The fourth-order valence-electron chi connectivity index (χ4n) is 3.12. The predicted octanol–water partition coefficient (Wildman–Crippen LogP) is 2.47. The summed E-state index contributed by atoms with van der Waals surface area (Å²) in [6, 6.07) is 13.3. The van der Waals surface area contributed by atoms with Gasteiger partial charge >= 0.3 is 0 Å². The highest BCUT2D eigenvalue weighted by Crippen LogP contribution is 2.18. The van der Waals surface area contributed by atoms with Crippen LogP contribution in [0.25, 0.3) is 16.6 Å². The van der Waals surface area contributed by atoms with Gasteiger partial charge < -0.3 is 0 Å². The van der Waals surface area contributed by atoms with E-state index in [0.717, 1.165) is 19.1 Å². The minimum absolute atomic E-state index is 0.197. The lowest BCUT2D eigenvalue weighted by atomic mass is 10.2. The van der Waals surface area contributed by atoms with Crippen LogP contribution in [0.15, 0.2) is 53.3 Å². The third kappa shape index (κ3) is 5.25. The van der Waals surface area contributed by atoms with E-state index in [4.69, 9.17) is 0 Å². The summed E-state index contributed by atoms with van der Waals surface area (Å²) in [5.74, 6) is 0.631. The highest BCUT2D eigenvalue weighted by Gasteiger charge is 2.18. The topological polar surface area (TPSA) is 115 Å². The maximum atomic E-state index is 13.1. The summed E-state index contributed by atoms with van der Waals surface area (Å²) in [5.41, 5.74) is 1.20. The van der Waals surface area contributed by atoms with Crippen molar-refractivity contribution in [2.24, 2.45) is 0 Å². The van der Waals surface area contributed by atoms with E-state index in [-0.39, 0.29) is 11.2 Å². The summed E-state index contributed by atoms with van der Waals surface area (Å²) < 4.78 is 50.3. The number of hydrogen-bond donors (Lipinski definition) is 1. The van der Waals surface area contributed by atoms with Crippen molar-refractivity contribution < 1.29 is 16.8 Å². The number of nitrogens with zero attached hydrogens (tertiary/aromatic N) is 2. The number of rotatable bonds is 8. The molecule has 0 unspecified atom stereocenters. The van der Waals surface area contributed by atoms with E-state index in [2.05, 4.69) is 16.6 Å². The summed E-state index contributed by atoms with van der Waals surface area (Å²) in [6.07, 6.45) is 3.30. The molecule has 2 aromatic carbocycles. The minimum atomic E-state index is -4.05. The molecule has 0 aliphatic heterocycles. The number of fused-ring (bicyclic) bond motifs is 1. The van der Waals surface area contributed by atoms with Gasteiger partial charge in [-0.2, -0.15) is 0 Å². The Morgan fingerprint density at radius 1 is 1.00 bits per heavy atom. The van der Waals surface area contributed by atoms with Gasteiger partial charge in [0.05, 0.1) is 16.6 Å². The first-order valence-corrected chi connectivity index (χ1v) is 13.1. The van der Waals surface area contributed by atoms with Gasteiger partial charge in [-0.05, 0) is 42.8 Å². The quantitative estimate of drug-likeness (QED) is 0.565. The summed E-state index contributed by atoms with van der Waals surface area (Å²) in [6.45, 7) is 2.06. The van der Waals surface area contributed by atoms with Crippen LogP contribution in [0.4, 0.5) is 5.69 Å². The molecule has 0 atom stereocenters. The van der Waals surface area contributed by atoms with E-state index in [0.29, 0.717) is 28.8 Å². The average Bonchev–Trinajstić information content (AvgIpc) is 2.65. The number of unbranched alkanes of at least 4 members (excludes halogenated alkanes) is 1. The van der Waals surface area contributed by atoms with Crippen LogP contribution in [-0.4, -0.2) is 37.7 Å². The highest BCUT2D eigenvalue weighted by atomic mass is 32.3. The molecular weight excluding hydrogens is 426 g/mol. The second-order valence-corrected chi connectivity index (χ2v) is 11.3. The van der Waals surface area contributed by atoms with Crippen molar-refractivity contribution >= 4 is 36.5 Å². The molecule has 8 nitrogen and oxygen atoms in total. The van der Waals surface area contributed by atoms with Crippen molar-refractivity contribution in [2.45, 2.75) is 26.2 Å². The van der Waals surface area contributed by atoms with Crippen LogP contribution in [0.1, 0.15) is 25.6 Å². The van der Waals surface area contributed by atoms with Gasteiger partial charge in [-0.15, -0.1) is 0 Å². The highest BCUT2D eigenvalue weighted by molar-refractivity contribution is 8.08. The van der Waals surface area contributed by atoms with Gasteiger partial charge in [-0.3, -0.25) is 14.1 Å². The van der Waals surface area contributed by atoms with E-state index in [9.17, 15) is 21.6 Å². The van der Waals surface area contributed by atoms with E-state index < -0.39 is 24.9 Å². The van der Waals surface area contributed by atoms with Gasteiger partial charge in [0, 0.05) is 18.4 Å². The summed E-state index contributed by atoms with van der Waals surface area (Å²) in [7, 11) is -7.74. The summed E-state index contributed by atoms with van der Waals surface area (Å²) in [4.78, 5) is 17.8. The molecule has 0 aliphatic carbocycles. The number of aromatic nitrogens is 2. The fourth-order valence-corrected chi connectivity index (χ4v) is 6.10. The van der Waals surface area contributed by atoms with Crippen LogP contribution < -0.4 is 10.3 Å². The molecule has 0 aliphatic rings. The van der Waals surface area contributed by atoms with Gasteiger partial charge in [0.1, 0.15) is 5.82 Å². The lowest BCUT2D eigenvalue weighted by Crippen LogP contribution is -2.24. The Bertz CT molecular complexity index is 1330. The maximum absolute atomic E-state index is 13.1. The predicted molar refractivity (Wildman–Crippen MR) is 118 cm³/mol. The summed E-state index contributed by atoms with van der Waals surface area (Å²) >= 11 is 0. The molecule has 160 valence electrons. The second-order valence-electron chi connectivity index (χ2n) is 7.10. The summed E-state index contributed by atoms with van der Waals surface area (Å²) in [5, 5.41) is -0.507. The second kappa shape index (κ2) is 8.57. The first-order valence-electron chi connectivity index (χ1n) is 9.39. The molecule has 3 rings (SSSR count). The number of anilines is 1. The third-order valence-corrected chi connectivity index (χ3v) is 7.87. The number of sulfone groups is 1. The van der Waals surface area contributed by atoms with Crippen LogP contribution in [0.5, 0.6) is 0 Å². The van der Waals surface area contributed by atoms with Crippen LogP contribution in [0.2, 0.25) is 0 Å². The standard InChI is InChI=1S/C20H23N3O5S2/c1-3-4-9-19-21-18-8-6-5-7-17(18)20(24)23(19)16-12-10-15(11-13-16)22-30(27,28)14-29(2,25)26/h5-8,10-13,22H,3-4,9,14H2,1-2H3. The SMILES string of the molecule is CCCCc1nc2ccccc2c(=O)n1-c1ccc(NS(=O)(=O)CS(C)(=O)=O)cc1. The van der Waals surface area contributed by atoms with Gasteiger partial charge in [0.25, 0.3) is 5.56 Å². The molecule has 0 amide bonds. The van der Waals surface area contributed by atoms with Crippen LogP contribution in [-0.2, 0) is 26.3 Å². The Hall–Kier alpha value is -2.72. The van der Waals surface area contributed by atoms with Gasteiger partial charge in [-0.25, -0.2) is 21.8 Å². The number of nitrogens with one attached hydrogen (secondary N) is 1. The van der Waals surface area contributed by atoms with Crippen LogP contribution >= 0.6 is 0 Å². The Balaban J connectivity index is 2.01. The van der Waals surface area contributed by atoms with Crippen molar-refractivity contribution in [3.63, 3.8) is 0 Å². The largest absolute Gasteiger partial charge is 0.283 e. The van der Waals surface area contributed by atoms with Gasteiger partial charge in [-0.1, -0.05) is 25.5 Å². The number of hydrogen-bond acceptors (Lipinski definition) is 6. The van der Waals surface area contributed by atoms with Crippen molar-refractivity contribution in [2.75, 3.05) is 16.1 Å². The van der Waals surface area contributed by atoms with Gasteiger partial charge in [0.15, 0.2) is 14.9 Å². The zero-order valence-corrected chi connectivity index (χ0v) is 18.3. The molecule has 30 heavy (non-hydrogen) atoms. The minimum Gasteiger partial charge on any atom is -0.283 e. The average molecular weight is 450 g/mol. The van der Waals surface area contributed by atoms with E-state index >= 15 is 0 Å². The third-order valence-electron chi connectivity index (χ3n) is 4.37. The van der Waals surface area contributed by atoms with Crippen molar-refractivity contribution in [3.05, 3.63) is 64.7 Å². The molecule has 10 heteroatoms. The normalized spacial score (nSPS) is 12.2. The zero-order valence-electron chi connectivity index (χ0n) is 16.7. The Morgan fingerprint density at radius 3 is 2.30 bits per heavy atom. The Morgan fingerprint density at radius 2 is 1.67 bits per heavy atom. The number of benzene rings is 2. The van der Waals surface area contributed by atoms with Crippen LogP contribution in [0, 0.1) is 0 Å². The maximum Gasteiger partial charge on any atom is 0.265 e. The molecule has 1 heterocycles. The van der Waals surface area contributed by atoms with E-state index in [1.807, 2.05) is 6.07 Å². The molecule has 0 saturated heterocycles.